The van der Waals surface area contributed by atoms with E-state index in [1.165, 1.54) is 6.20 Å². The molecule has 0 unspecified atom stereocenters. The van der Waals surface area contributed by atoms with Crippen molar-refractivity contribution in [1.82, 2.24) is 19.9 Å². The van der Waals surface area contributed by atoms with Crippen molar-refractivity contribution in [2.24, 2.45) is 0 Å². The molecule has 0 aliphatic heterocycles. The van der Waals surface area contributed by atoms with Crippen LogP contribution in [-0.4, -0.2) is 19.9 Å². The van der Waals surface area contributed by atoms with Crippen LogP contribution in [0.25, 0.3) is 22.8 Å². The molecule has 0 aliphatic carbocycles. The summed E-state index contributed by atoms with van der Waals surface area (Å²) in [6.07, 6.45) is 4.76. The average molecular weight is 253 g/mol. The summed E-state index contributed by atoms with van der Waals surface area (Å²) in [6, 6.07) is 5.37. The van der Waals surface area contributed by atoms with Crippen LogP contribution in [-0.2, 0) is 0 Å². The molecule has 0 saturated carbocycles. The van der Waals surface area contributed by atoms with Gasteiger partial charge in [-0.3, -0.25) is 0 Å². The third-order valence-electron chi connectivity index (χ3n) is 2.56. The summed E-state index contributed by atoms with van der Waals surface area (Å²) in [4.78, 5) is 17.0. The summed E-state index contributed by atoms with van der Waals surface area (Å²) in [5, 5.41) is 0. The van der Waals surface area contributed by atoms with Gasteiger partial charge in [0.2, 0.25) is 0 Å². The van der Waals surface area contributed by atoms with Gasteiger partial charge in [0.25, 0.3) is 0 Å². The summed E-state index contributed by atoms with van der Waals surface area (Å²) >= 11 is 0. The first-order valence-corrected chi connectivity index (χ1v) is 5.70. The molecule has 0 spiro atoms. The molecular weight excluding hydrogens is 242 g/mol. The van der Waals surface area contributed by atoms with Crippen LogP contribution in [0.5, 0.6) is 0 Å². The van der Waals surface area contributed by atoms with Crippen LogP contribution in [0.2, 0.25) is 0 Å². The highest BCUT2D eigenvalue weighted by Gasteiger charge is 2.14. The van der Waals surface area contributed by atoms with Crippen molar-refractivity contribution in [2.75, 3.05) is 5.73 Å². The minimum atomic E-state index is 0.334. The van der Waals surface area contributed by atoms with E-state index in [2.05, 4.69) is 19.9 Å². The normalized spacial score (nSPS) is 10.6. The number of nitrogens with two attached hydrogens (primary N) is 1. The summed E-state index contributed by atoms with van der Waals surface area (Å²) in [5.74, 6) is 1.61. The highest BCUT2D eigenvalue weighted by Crippen LogP contribution is 2.28. The molecule has 0 saturated heterocycles. The predicted molar refractivity (Wildman–Crippen MR) is 69.9 cm³/mol. The average Bonchev–Trinajstić information content (AvgIpc) is 2.92. The lowest BCUT2D eigenvalue weighted by molar-refractivity contribution is 0.580. The Balaban J connectivity index is 2.21. The molecule has 0 bridgehead atoms. The lowest BCUT2D eigenvalue weighted by atomic mass is 10.2. The monoisotopic (exact) mass is 253 g/mol. The van der Waals surface area contributed by atoms with Gasteiger partial charge in [0.1, 0.15) is 23.0 Å². The zero-order chi connectivity index (χ0) is 13.2. The summed E-state index contributed by atoms with van der Waals surface area (Å²) in [6.45, 7) is 1.82. The van der Waals surface area contributed by atoms with Gasteiger partial charge in [0, 0.05) is 6.20 Å². The Morgan fingerprint density at radius 3 is 2.74 bits per heavy atom. The number of nitrogens with zero attached hydrogens (tertiary/aromatic N) is 4. The maximum Gasteiger partial charge on any atom is 0.154 e. The Morgan fingerprint density at radius 1 is 1.11 bits per heavy atom. The fraction of sp³-hybridized carbons (Fsp3) is 0.0769. The molecule has 0 aromatic carbocycles. The fourth-order valence-corrected chi connectivity index (χ4v) is 1.76. The highest BCUT2D eigenvalue weighted by atomic mass is 16.3. The summed E-state index contributed by atoms with van der Waals surface area (Å²) in [7, 11) is 0. The maximum atomic E-state index is 5.69. The van der Waals surface area contributed by atoms with Gasteiger partial charge in [-0.2, -0.15) is 0 Å². The standard InChI is InChI=1S/C13H11N5O/c1-8-15-5-4-9(17-8)12-13(10-3-2-6-19-10)18-11(14)7-16-12/h2-7H,1H3,(H2,14,18). The van der Waals surface area contributed by atoms with Crippen LogP contribution in [0.15, 0.2) is 41.3 Å². The minimum absolute atomic E-state index is 0.334. The van der Waals surface area contributed by atoms with Crippen molar-refractivity contribution in [2.45, 2.75) is 6.92 Å². The van der Waals surface area contributed by atoms with Gasteiger partial charge in [0.15, 0.2) is 5.76 Å². The van der Waals surface area contributed by atoms with Gasteiger partial charge in [-0.1, -0.05) is 0 Å². The third kappa shape index (κ3) is 2.15. The quantitative estimate of drug-likeness (QED) is 0.751. The van der Waals surface area contributed by atoms with E-state index in [4.69, 9.17) is 10.2 Å². The Bertz CT molecular complexity index is 709. The molecule has 6 heteroatoms. The predicted octanol–water partition coefficient (Wildman–Crippen LogP) is 2.08. The van der Waals surface area contributed by atoms with Gasteiger partial charge >= 0.3 is 0 Å². The Morgan fingerprint density at radius 2 is 2.00 bits per heavy atom. The van der Waals surface area contributed by atoms with Crippen LogP contribution in [0.1, 0.15) is 5.82 Å². The highest BCUT2D eigenvalue weighted by molar-refractivity contribution is 5.73. The van der Waals surface area contributed by atoms with Crippen LogP contribution in [0.3, 0.4) is 0 Å². The first-order valence-electron chi connectivity index (χ1n) is 5.70. The lowest BCUT2D eigenvalue weighted by Crippen LogP contribution is -1.99. The van der Waals surface area contributed by atoms with Crippen LogP contribution in [0.4, 0.5) is 5.82 Å². The number of hydrogen-bond acceptors (Lipinski definition) is 6. The van der Waals surface area contributed by atoms with E-state index < -0.39 is 0 Å². The molecule has 94 valence electrons. The van der Waals surface area contributed by atoms with Gasteiger partial charge < -0.3 is 10.2 Å². The molecule has 2 N–H and O–H groups in total. The molecule has 0 atom stereocenters. The topological polar surface area (TPSA) is 90.7 Å². The summed E-state index contributed by atoms with van der Waals surface area (Å²) in [5.41, 5.74) is 7.57. The molecule has 3 aromatic heterocycles. The van der Waals surface area contributed by atoms with Gasteiger partial charge in [0.05, 0.1) is 18.2 Å². The molecule has 0 fully saturated rings. The largest absolute Gasteiger partial charge is 0.463 e. The van der Waals surface area contributed by atoms with E-state index in [1.54, 1.807) is 30.7 Å². The first kappa shape index (κ1) is 11.3. The van der Waals surface area contributed by atoms with E-state index in [1.807, 2.05) is 6.92 Å². The number of aryl methyl sites for hydroxylation is 1. The summed E-state index contributed by atoms with van der Waals surface area (Å²) < 4.78 is 5.37. The number of nitrogen functional groups attached to an aromatic ring is 1. The van der Waals surface area contributed by atoms with Gasteiger partial charge in [-0.05, 0) is 25.1 Å². The molecule has 6 nitrogen and oxygen atoms in total. The van der Waals surface area contributed by atoms with Gasteiger partial charge in [-0.25, -0.2) is 19.9 Å². The molecule has 19 heavy (non-hydrogen) atoms. The van der Waals surface area contributed by atoms with Crippen LogP contribution >= 0.6 is 0 Å². The van der Waals surface area contributed by atoms with E-state index in [9.17, 15) is 0 Å². The molecule has 3 rings (SSSR count). The van der Waals surface area contributed by atoms with Crippen molar-refractivity contribution in [3.63, 3.8) is 0 Å². The van der Waals surface area contributed by atoms with E-state index in [0.29, 0.717) is 34.5 Å². The third-order valence-corrected chi connectivity index (χ3v) is 2.56. The maximum absolute atomic E-state index is 5.69. The number of rotatable bonds is 2. The Labute approximate surface area is 109 Å². The van der Waals surface area contributed by atoms with Crippen molar-refractivity contribution < 1.29 is 4.42 Å². The SMILES string of the molecule is Cc1nccc(-c2ncc(N)nc2-c2ccco2)n1. The van der Waals surface area contributed by atoms with Crippen molar-refractivity contribution in [1.29, 1.82) is 0 Å². The second-order valence-corrected chi connectivity index (χ2v) is 3.96. The molecule has 3 aromatic rings. The van der Waals surface area contributed by atoms with Crippen molar-refractivity contribution in [3.8, 4) is 22.8 Å². The van der Waals surface area contributed by atoms with Crippen molar-refractivity contribution in [3.05, 3.63) is 42.7 Å². The molecule has 0 radical (unpaired) electrons. The van der Waals surface area contributed by atoms with E-state index >= 15 is 0 Å². The zero-order valence-electron chi connectivity index (χ0n) is 10.2. The molecule has 3 heterocycles. The first-order chi connectivity index (χ1) is 9.24. The number of anilines is 1. The lowest BCUT2D eigenvalue weighted by Gasteiger charge is -2.06. The second-order valence-electron chi connectivity index (χ2n) is 3.96. The molecule has 0 amide bonds. The zero-order valence-corrected chi connectivity index (χ0v) is 10.2. The van der Waals surface area contributed by atoms with Crippen LogP contribution in [0, 0.1) is 6.92 Å². The number of hydrogen-bond donors (Lipinski definition) is 1. The van der Waals surface area contributed by atoms with E-state index in [-0.39, 0.29) is 0 Å². The van der Waals surface area contributed by atoms with Crippen molar-refractivity contribution >= 4 is 5.82 Å². The second kappa shape index (κ2) is 4.49. The van der Waals surface area contributed by atoms with Gasteiger partial charge in [-0.15, -0.1) is 0 Å². The number of furan rings is 1. The van der Waals surface area contributed by atoms with Crippen LogP contribution < -0.4 is 5.73 Å². The van der Waals surface area contributed by atoms with E-state index in [0.717, 1.165) is 0 Å². The smallest absolute Gasteiger partial charge is 0.154 e. The number of aromatic nitrogens is 4. The molecular formula is C13H11N5O. The Hall–Kier alpha value is -2.76. The molecule has 0 aliphatic rings. The fourth-order valence-electron chi connectivity index (χ4n) is 1.76. The Kier molecular flexibility index (Phi) is 2.68. The minimum Gasteiger partial charge on any atom is -0.463 e.